The maximum atomic E-state index is 13.0. The smallest absolute Gasteiger partial charge is 0.338 e. The van der Waals surface area contributed by atoms with Crippen LogP contribution >= 0.6 is 22.6 Å². The summed E-state index contributed by atoms with van der Waals surface area (Å²) in [5.41, 5.74) is -1.92. The van der Waals surface area contributed by atoms with Gasteiger partial charge in [0.15, 0.2) is 5.82 Å². The number of aromatic nitrogens is 1. The molecule has 0 saturated carbocycles. The summed E-state index contributed by atoms with van der Waals surface area (Å²) in [6, 6.07) is 0.893. The third-order valence-electron chi connectivity index (χ3n) is 1.39. The molecule has 1 aromatic heterocycles. The van der Waals surface area contributed by atoms with E-state index in [1.54, 1.807) is 0 Å². The number of carboxylic acid groups (broad SMARTS) is 1. The molecule has 0 saturated heterocycles. The molecular weight excluding hydrogens is 314 g/mol. The van der Waals surface area contributed by atoms with Crippen LogP contribution in [0.25, 0.3) is 0 Å². The van der Waals surface area contributed by atoms with Crippen LogP contribution in [-0.2, 0) is 0 Å². The maximum absolute atomic E-state index is 13.0. The minimum absolute atomic E-state index is 0.0108. The number of halogens is 4. The summed E-state index contributed by atoms with van der Waals surface area (Å²) in [5.74, 6) is -3.07. The molecule has 0 unspecified atom stereocenters. The number of pyridine rings is 1. The van der Waals surface area contributed by atoms with E-state index < -0.39 is 29.5 Å². The lowest BCUT2D eigenvalue weighted by molar-refractivity contribution is 0.0689. The van der Waals surface area contributed by atoms with E-state index in [1.807, 2.05) is 0 Å². The monoisotopic (exact) mass is 317 g/mol. The van der Waals surface area contributed by atoms with Gasteiger partial charge in [-0.3, -0.25) is 0 Å². The Hall–Kier alpha value is -0.860. The highest BCUT2D eigenvalue weighted by Crippen LogP contribution is 2.23. The summed E-state index contributed by atoms with van der Waals surface area (Å²) in [7, 11) is 0. The Bertz CT molecular complexity index is 383. The lowest BCUT2D eigenvalue weighted by Crippen LogP contribution is -2.07. The molecule has 0 bridgehead atoms. The second kappa shape index (κ2) is 4.11. The third-order valence-corrected chi connectivity index (χ3v) is 1.94. The molecule has 0 spiro atoms. The van der Waals surface area contributed by atoms with Crippen LogP contribution in [0.15, 0.2) is 6.07 Å². The summed E-state index contributed by atoms with van der Waals surface area (Å²) in [4.78, 5) is 13.6. The minimum atomic E-state index is -3.12. The zero-order valence-corrected chi connectivity index (χ0v) is 8.63. The van der Waals surface area contributed by atoms with Crippen LogP contribution in [0.2, 0.25) is 0 Å². The van der Waals surface area contributed by atoms with Gasteiger partial charge >= 0.3 is 5.97 Å². The molecule has 76 valence electrons. The van der Waals surface area contributed by atoms with Crippen LogP contribution in [0.4, 0.5) is 13.2 Å². The molecule has 1 N–H and O–H groups in total. The lowest BCUT2D eigenvalue weighted by atomic mass is 10.2. The van der Waals surface area contributed by atoms with Crippen LogP contribution in [-0.4, -0.2) is 16.1 Å². The van der Waals surface area contributed by atoms with Gasteiger partial charge in [0.1, 0.15) is 9.39 Å². The van der Waals surface area contributed by atoms with E-state index in [1.165, 1.54) is 22.6 Å². The van der Waals surface area contributed by atoms with Gasteiger partial charge in [0.2, 0.25) is 0 Å². The van der Waals surface area contributed by atoms with Crippen molar-refractivity contribution in [1.29, 1.82) is 0 Å². The number of rotatable bonds is 2. The highest BCUT2D eigenvalue weighted by molar-refractivity contribution is 14.1. The Morgan fingerprint density at radius 1 is 1.57 bits per heavy atom. The zero-order chi connectivity index (χ0) is 10.9. The Labute approximate surface area is 90.1 Å². The SMILES string of the molecule is O=C(O)c1cc(I)nc(C(F)F)c1F. The molecule has 0 aliphatic carbocycles. The van der Waals surface area contributed by atoms with Crippen LogP contribution in [0, 0.1) is 9.52 Å². The number of aromatic carboxylic acids is 1. The number of carboxylic acids is 1. The fourth-order valence-electron chi connectivity index (χ4n) is 0.817. The minimum Gasteiger partial charge on any atom is -0.478 e. The molecule has 0 fully saturated rings. The predicted molar refractivity (Wildman–Crippen MR) is 48.8 cm³/mol. The second-order valence-corrected chi connectivity index (χ2v) is 3.40. The van der Waals surface area contributed by atoms with Crippen molar-refractivity contribution in [3.8, 4) is 0 Å². The van der Waals surface area contributed by atoms with E-state index in [-0.39, 0.29) is 3.70 Å². The molecule has 0 aliphatic heterocycles. The van der Waals surface area contributed by atoms with E-state index >= 15 is 0 Å². The zero-order valence-electron chi connectivity index (χ0n) is 6.47. The van der Waals surface area contributed by atoms with Crippen LogP contribution in [0.3, 0.4) is 0 Å². The molecule has 3 nitrogen and oxygen atoms in total. The van der Waals surface area contributed by atoms with Crippen molar-refractivity contribution < 1.29 is 23.1 Å². The molecule has 0 aromatic carbocycles. The molecule has 1 aromatic rings. The molecule has 7 heteroatoms. The number of hydrogen-bond acceptors (Lipinski definition) is 2. The highest BCUT2D eigenvalue weighted by atomic mass is 127. The normalized spacial score (nSPS) is 10.6. The largest absolute Gasteiger partial charge is 0.478 e. The van der Waals surface area contributed by atoms with Crippen molar-refractivity contribution >= 4 is 28.6 Å². The molecule has 0 radical (unpaired) electrons. The van der Waals surface area contributed by atoms with Crippen molar-refractivity contribution in [3.63, 3.8) is 0 Å². The number of carbonyl (C=O) groups is 1. The third kappa shape index (κ3) is 2.14. The average molecular weight is 317 g/mol. The molecular formula is C7H3F3INO2. The van der Waals surface area contributed by atoms with Crippen molar-refractivity contribution in [2.45, 2.75) is 6.43 Å². The van der Waals surface area contributed by atoms with Gasteiger partial charge in [-0.25, -0.2) is 22.9 Å². The van der Waals surface area contributed by atoms with E-state index in [4.69, 9.17) is 5.11 Å². The van der Waals surface area contributed by atoms with Gasteiger partial charge in [0.05, 0.1) is 5.56 Å². The van der Waals surface area contributed by atoms with Crippen LogP contribution < -0.4 is 0 Å². The first-order valence-corrected chi connectivity index (χ1v) is 4.38. The fourth-order valence-corrected chi connectivity index (χ4v) is 1.39. The predicted octanol–water partition coefficient (Wildman–Crippen LogP) is 2.46. The van der Waals surface area contributed by atoms with E-state index in [0.29, 0.717) is 0 Å². The first-order chi connectivity index (χ1) is 6.43. The van der Waals surface area contributed by atoms with Crippen LogP contribution in [0.1, 0.15) is 22.5 Å². The quantitative estimate of drug-likeness (QED) is 0.673. The second-order valence-electron chi connectivity index (χ2n) is 2.30. The van der Waals surface area contributed by atoms with Gasteiger partial charge in [-0.05, 0) is 28.7 Å². The van der Waals surface area contributed by atoms with E-state index in [2.05, 4.69) is 4.98 Å². The number of hydrogen-bond donors (Lipinski definition) is 1. The van der Waals surface area contributed by atoms with Crippen LogP contribution in [0.5, 0.6) is 0 Å². The van der Waals surface area contributed by atoms with Crippen molar-refractivity contribution in [2.75, 3.05) is 0 Å². The average Bonchev–Trinajstić information content (AvgIpc) is 2.07. The van der Waals surface area contributed by atoms with Gasteiger partial charge in [-0.1, -0.05) is 0 Å². The number of nitrogens with zero attached hydrogens (tertiary/aromatic N) is 1. The highest BCUT2D eigenvalue weighted by Gasteiger charge is 2.22. The summed E-state index contributed by atoms with van der Waals surface area (Å²) in [6.45, 7) is 0. The van der Waals surface area contributed by atoms with Crippen molar-refractivity contribution in [1.82, 2.24) is 4.98 Å². The molecule has 1 rings (SSSR count). The molecule has 0 aliphatic rings. The van der Waals surface area contributed by atoms with Gasteiger partial charge in [-0.2, -0.15) is 0 Å². The fraction of sp³-hybridized carbons (Fsp3) is 0.143. The van der Waals surface area contributed by atoms with Gasteiger partial charge in [0.25, 0.3) is 6.43 Å². The Morgan fingerprint density at radius 3 is 2.57 bits per heavy atom. The summed E-state index contributed by atoms with van der Waals surface area (Å²) >= 11 is 1.54. The van der Waals surface area contributed by atoms with Gasteiger partial charge < -0.3 is 5.11 Å². The Kier molecular flexibility index (Phi) is 3.29. The summed E-state index contributed by atoms with van der Waals surface area (Å²) < 4.78 is 37.3. The first-order valence-electron chi connectivity index (χ1n) is 3.31. The van der Waals surface area contributed by atoms with Gasteiger partial charge in [0, 0.05) is 0 Å². The molecule has 14 heavy (non-hydrogen) atoms. The molecule has 1 heterocycles. The molecule has 0 amide bonds. The van der Waals surface area contributed by atoms with Crippen molar-refractivity contribution in [2.24, 2.45) is 0 Å². The topological polar surface area (TPSA) is 50.2 Å². The first kappa shape index (κ1) is 11.2. The standard InChI is InChI=1S/C7H3F3INO2/c8-4-2(7(13)14)1-3(11)12-5(4)6(9)10/h1,6H,(H,13,14). The Morgan fingerprint density at radius 2 is 2.14 bits per heavy atom. The van der Waals surface area contributed by atoms with Gasteiger partial charge in [-0.15, -0.1) is 0 Å². The summed E-state index contributed by atoms with van der Waals surface area (Å²) in [6.07, 6.45) is -3.12. The van der Waals surface area contributed by atoms with E-state index in [0.717, 1.165) is 6.07 Å². The van der Waals surface area contributed by atoms with E-state index in [9.17, 15) is 18.0 Å². The van der Waals surface area contributed by atoms with Crippen molar-refractivity contribution in [3.05, 3.63) is 26.8 Å². The summed E-state index contributed by atoms with van der Waals surface area (Å²) in [5, 5.41) is 8.48. The maximum Gasteiger partial charge on any atom is 0.338 e. The molecule has 0 atom stereocenters. The number of alkyl halides is 2. The lowest BCUT2D eigenvalue weighted by Gasteiger charge is -2.04. The Balaban J connectivity index is 3.40.